The SMILES string of the molecule is C[C@H]1[C@H](NC(=O)c2ccc(Sc3cccc(N)c3)cc2)C2CCN1CC2. The molecule has 0 unspecified atom stereocenters. The molecule has 0 aliphatic carbocycles. The molecule has 0 aromatic heterocycles. The lowest BCUT2D eigenvalue weighted by molar-refractivity contribution is 0.0217. The van der Waals surface area contributed by atoms with E-state index in [0.29, 0.717) is 12.0 Å². The number of piperidine rings is 3. The average Bonchev–Trinajstić information content (AvgIpc) is 2.65. The topological polar surface area (TPSA) is 58.4 Å². The van der Waals surface area contributed by atoms with Crippen molar-refractivity contribution in [3.63, 3.8) is 0 Å². The highest BCUT2D eigenvalue weighted by molar-refractivity contribution is 7.99. The number of nitrogens with two attached hydrogens (primary N) is 1. The van der Waals surface area contributed by atoms with E-state index in [0.717, 1.165) is 21.0 Å². The minimum Gasteiger partial charge on any atom is -0.399 e. The molecule has 5 heteroatoms. The largest absolute Gasteiger partial charge is 0.399 e. The van der Waals surface area contributed by atoms with Crippen molar-refractivity contribution in [3.05, 3.63) is 54.1 Å². The molecule has 5 rings (SSSR count). The molecule has 3 aliphatic heterocycles. The Labute approximate surface area is 159 Å². The standard InChI is InChI=1S/C21H25N3OS/c1-14-20(15-9-11-24(14)12-10-15)23-21(25)16-5-7-18(8-6-16)26-19-4-2-3-17(22)13-19/h2-8,13-15,20H,9-12,22H2,1H3,(H,23,25)/t14-,20-/m0/s1. The summed E-state index contributed by atoms with van der Waals surface area (Å²) >= 11 is 1.65. The van der Waals surface area contributed by atoms with Crippen LogP contribution in [-0.2, 0) is 0 Å². The second kappa shape index (κ2) is 7.33. The minimum atomic E-state index is 0.0381. The van der Waals surface area contributed by atoms with Gasteiger partial charge in [0.05, 0.1) is 0 Å². The van der Waals surface area contributed by atoms with Gasteiger partial charge in [0.25, 0.3) is 5.91 Å². The lowest BCUT2D eigenvalue weighted by Crippen LogP contribution is -2.62. The number of carbonyl (C=O) groups excluding carboxylic acids is 1. The Morgan fingerprint density at radius 3 is 2.50 bits per heavy atom. The van der Waals surface area contributed by atoms with Crippen molar-refractivity contribution in [3.8, 4) is 0 Å². The molecule has 3 fully saturated rings. The van der Waals surface area contributed by atoms with Gasteiger partial charge in [-0.25, -0.2) is 0 Å². The summed E-state index contributed by atoms with van der Waals surface area (Å²) in [5.41, 5.74) is 7.32. The van der Waals surface area contributed by atoms with Crippen molar-refractivity contribution in [2.45, 2.75) is 41.6 Å². The van der Waals surface area contributed by atoms with E-state index in [1.165, 1.54) is 25.9 Å². The zero-order chi connectivity index (χ0) is 18.1. The van der Waals surface area contributed by atoms with Crippen LogP contribution < -0.4 is 11.1 Å². The summed E-state index contributed by atoms with van der Waals surface area (Å²) < 4.78 is 0. The first-order valence-corrected chi connectivity index (χ1v) is 10.1. The Kier molecular flexibility index (Phi) is 4.92. The van der Waals surface area contributed by atoms with Crippen LogP contribution in [0, 0.1) is 5.92 Å². The van der Waals surface area contributed by atoms with Crippen LogP contribution in [0.5, 0.6) is 0 Å². The lowest BCUT2D eigenvalue weighted by Gasteiger charge is -2.49. The zero-order valence-corrected chi connectivity index (χ0v) is 15.8. The summed E-state index contributed by atoms with van der Waals surface area (Å²) in [5.74, 6) is 0.661. The fraction of sp³-hybridized carbons (Fsp3) is 0.381. The number of benzene rings is 2. The van der Waals surface area contributed by atoms with E-state index < -0.39 is 0 Å². The van der Waals surface area contributed by atoms with E-state index in [9.17, 15) is 4.79 Å². The summed E-state index contributed by atoms with van der Waals surface area (Å²) in [6.45, 7) is 4.59. The lowest BCUT2D eigenvalue weighted by atomic mass is 9.79. The predicted octanol–water partition coefficient (Wildman–Crippen LogP) is 3.63. The predicted molar refractivity (Wildman–Crippen MR) is 106 cm³/mol. The van der Waals surface area contributed by atoms with E-state index in [1.54, 1.807) is 11.8 Å². The van der Waals surface area contributed by atoms with Gasteiger partial charge in [-0.3, -0.25) is 9.69 Å². The maximum atomic E-state index is 12.7. The molecule has 3 heterocycles. The molecular weight excluding hydrogens is 342 g/mol. The van der Waals surface area contributed by atoms with E-state index in [2.05, 4.69) is 17.1 Å². The van der Waals surface area contributed by atoms with Gasteiger partial charge < -0.3 is 11.1 Å². The molecule has 0 saturated carbocycles. The molecule has 0 spiro atoms. The van der Waals surface area contributed by atoms with Crippen LogP contribution in [0.3, 0.4) is 0 Å². The van der Waals surface area contributed by atoms with E-state index >= 15 is 0 Å². The van der Waals surface area contributed by atoms with Crippen LogP contribution in [0.25, 0.3) is 0 Å². The molecule has 2 aromatic carbocycles. The van der Waals surface area contributed by atoms with Crippen LogP contribution in [-0.4, -0.2) is 36.0 Å². The number of hydrogen-bond acceptors (Lipinski definition) is 4. The molecule has 3 N–H and O–H groups in total. The van der Waals surface area contributed by atoms with E-state index in [4.69, 9.17) is 5.73 Å². The van der Waals surface area contributed by atoms with E-state index in [1.807, 2.05) is 48.5 Å². The number of nitrogens with one attached hydrogen (secondary N) is 1. The molecule has 26 heavy (non-hydrogen) atoms. The van der Waals surface area contributed by atoms with Gasteiger partial charge in [-0.15, -0.1) is 0 Å². The molecule has 3 aliphatic rings. The summed E-state index contributed by atoms with van der Waals surface area (Å²) in [6, 6.07) is 16.4. The van der Waals surface area contributed by atoms with Crippen molar-refractivity contribution in [2.75, 3.05) is 18.8 Å². The first-order valence-electron chi connectivity index (χ1n) is 9.28. The van der Waals surface area contributed by atoms with Crippen LogP contribution >= 0.6 is 11.8 Å². The second-order valence-electron chi connectivity index (χ2n) is 7.31. The highest BCUT2D eigenvalue weighted by Gasteiger charge is 2.40. The Bertz CT molecular complexity index is 782. The van der Waals surface area contributed by atoms with Crippen LogP contribution in [0.15, 0.2) is 58.3 Å². The molecule has 4 nitrogen and oxygen atoms in total. The number of nitrogen functional groups attached to an aromatic ring is 1. The molecule has 1 amide bonds. The van der Waals surface area contributed by atoms with Crippen LogP contribution in [0.2, 0.25) is 0 Å². The van der Waals surface area contributed by atoms with Gasteiger partial charge in [0.15, 0.2) is 0 Å². The second-order valence-corrected chi connectivity index (χ2v) is 8.46. The fourth-order valence-electron chi connectivity index (χ4n) is 4.17. The summed E-state index contributed by atoms with van der Waals surface area (Å²) in [5, 5.41) is 3.29. The van der Waals surface area contributed by atoms with Gasteiger partial charge in [0, 0.05) is 33.1 Å². The molecule has 0 radical (unpaired) electrons. The number of amides is 1. The van der Waals surface area contributed by atoms with Crippen LogP contribution in [0.1, 0.15) is 30.1 Å². The molecule has 2 aromatic rings. The van der Waals surface area contributed by atoms with Crippen molar-refractivity contribution < 1.29 is 4.79 Å². The van der Waals surface area contributed by atoms with Gasteiger partial charge in [-0.1, -0.05) is 17.8 Å². The van der Waals surface area contributed by atoms with E-state index in [-0.39, 0.29) is 11.9 Å². The molecule has 136 valence electrons. The summed E-state index contributed by atoms with van der Waals surface area (Å²) in [7, 11) is 0. The van der Waals surface area contributed by atoms with Gasteiger partial charge in [0.2, 0.25) is 0 Å². The number of hydrogen-bond donors (Lipinski definition) is 2. The quantitative estimate of drug-likeness (QED) is 0.810. The smallest absolute Gasteiger partial charge is 0.251 e. The first kappa shape index (κ1) is 17.4. The summed E-state index contributed by atoms with van der Waals surface area (Å²) in [6.07, 6.45) is 2.40. The van der Waals surface area contributed by atoms with Crippen molar-refractivity contribution >= 4 is 23.4 Å². The fourth-order valence-corrected chi connectivity index (χ4v) is 5.05. The highest BCUT2D eigenvalue weighted by Crippen LogP contribution is 2.32. The third-order valence-corrected chi connectivity index (χ3v) is 6.68. The molecule has 2 atom stereocenters. The van der Waals surface area contributed by atoms with Crippen molar-refractivity contribution in [1.82, 2.24) is 10.2 Å². The zero-order valence-electron chi connectivity index (χ0n) is 15.0. The Balaban J connectivity index is 1.41. The van der Waals surface area contributed by atoms with Gasteiger partial charge in [-0.05, 0) is 81.2 Å². The van der Waals surface area contributed by atoms with Gasteiger partial charge in [-0.2, -0.15) is 0 Å². The third kappa shape index (κ3) is 3.60. The summed E-state index contributed by atoms with van der Waals surface area (Å²) in [4.78, 5) is 17.4. The number of fused-ring (bicyclic) bond motifs is 3. The Hall–Kier alpha value is -1.98. The van der Waals surface area contributed by atoms with Gasteiger partial charge in [0.1, 0.15) is 0 Å². The van der Waals surface area contributed by atoms with Crippen molar-refractivity contribution in [2.24, 2.45) is 5.92 Å². The first-order chi connectivity index (χ1) is 12.6. The number of anilines is 1. The average molecular weight is 368 g/mol. The number of rotatable bonds is 4. The Morgan fingerprint density at radius 2 is 1.85 bits per heavy atom. The maximum Gasteiger partial charge on any atom is 0.251 e. The molecular formula is C21H25N3OS. The number of carbonyl (C=O) groups is 1. The number of nitrogens with zero attached hydrogens (tertiary/aromatic N) is 1. The third-order valence-electron chi connectivity index (χ3n) is 5.69. The van der Waals surface area contributed by atoms with Crippen LogP contribution in [0.4, 0.5) is 5.69 Å². The molecule has 2 bridgehead atoms. The van der Waals surface area contributed by atoms with Crippen molar-refractivity contribution in [1.29, 1.82) is 0 Å². The monoisotopic (exact) mass is 367 g/mol. The minimum absolute atomic E-state index is 0.0381. The maximum absolute atomic E-state index is 12.7. The van der Waals surface area contributed by atoms with Gasteiger partial charge >= 0.3 is 0 Å². The highest BCUT2D eigenvalue weighted by atomic mass is 32.2. The molecule has 3 saturated heterocycles. The normalized spacial score (nSPS) is 27.3. The Morgan fingerprint density at radius 1 is 1.12 bits per heavy atom.